The maximum atomic E-state index is 16.9. The molecule has 3 aromatic carbocycles. The number of nitrogens with one attached hydrogen (secondary N) is 1. The van der Waals surface area contributed by atoms with Gasteiger partial charge in [-0.25, -0.2) is 18.0 Å². The number of phenols is 1. The van der Waals surface area contributed by atoms with Gasteiger partial charge in [0.2, 0.25) is 0 Å². The van der Waals surface area contributed by atoms with E-state index in [2.05, 4.69) is 31.2 Å². The van der Waals surface area contributed by atoms with Gasteiger partial charge >= 0.3 is 12.0 Å². The molecule has 0 spiro atoms. The Morgan fingerprint density at radius 2 is 1.83 bits per heavy atom. The third kappa shape index (κ3) is 4.92. The molecule has 52 heavy (non-hydrogen) atoms. The number of ether oxygens (including phenoxy) is 2. The number of anilines is 1. The summed E-state index contributed by atoms with van der Waals surface area (Å²) in [6, 6.07) is 11.5. The molecule has 5 aliphatic rings. The van der Waals surface area contributed by atoms with Gasteiger partial charge in [-0.1, -0.05) is 12.1 Å². The molecule has 266 valence electrons. The van der Waals surface area contributed by atoms with E-state index >= 15 is 8.78 Å². The number of carbonyl (C=O) groups excluding carboxylic acids is 1. The summed E-state index contributed by atoms with van der Waals surface area (Å²) >= 11 is 0. The number of cyclic esters (lactones) is 1. The molecule has 2 unspecified atom stereocenters. The van der Waals surface area contributed by atoms with Crippen molar-refractivity contribution in [2.24, 2.45) is 0 Å². The van der Waals surface area contributed by atoms with Gasteiger partial charge in [0.05, 0.1) is 16.5 Å². The largest absolute Gasteiger partial charge is 0.508 e. The monoisotopic (exact) mass is 708 g/mol. The van der Waals surface area contributed by atoms with Crippen molar-refractivity contribution in [2.75, 3.05) is 31.1 Å². The summed E-state index contributed by atoms with van der Waals surface area (Å²) < 4.78 is 58.3. The average Bonchev–Trinajstić information content (AvgIpc) is 3.91. The lowest BCUT2D eigenvalue weighted by atomic mass is 9.95. The predicted octanol–water partition coefficient (Wildman–Crippen LogP) is 6.33. The second-order valence-corrected chi connectivity index (χ2v) is 14.9. The third-order valence-corrected chi connectivity index (χ3v) is 11.9. The molecule has 0 radical (unpaired) electrons. The summed E-state index contributed by atoms with van der Waals surface area (Å²) in [6.07, 6.45) is 7.27. The van der Waals surface area contributed by atoms with Crippen molar-refractivity contribution >= 4 is 33.5 Å². The first kappa shape index (κ1) is 31.7. The molecule has 2 N–H and O–H groups in total. The summed E-state index contributed by atoms with van der Waals surface area (Å²) in [4.78, 5) is 30.6. The van der Waals surface area contributed by atoms with E-state index in [0.717, 1.165) is 62.3 Å². The molecule has 2 bridgehead atoms. The molecule has 0 saturated carbocycles. The zero-order valence-electron chi connectivity index (χ0n) is 28.2. The van der Waals surface area contributed by atoms with Crippen LogP contribution in [0.5, 0.6) is 11.8 Å². The van der Waals surface area contributed by atoms with Crippen molar-refractivity contribution < 1.29 is 32.5 Å². The van der Waals surface area contributed by atoms with Gasteiger partial charge in [0.25, 0.3) is 0 Å². The first-order chi connectivity index (χ1) is 25.2. The van der Waals surface area contributed by atoms with Crippen LogP contribution >= 0.6 is 0 Å². The molecule has 2 aromatic heterocycles. The average molecular weight is 709 g/mol. The van der Waals surface area contributed by atoms with Crippen LogP contribution in [0.3, 0.4) is 0 Å². The first-order valence-corrected chi connectivity index (χ1v) is 17.9. The van der Waals surface area contributed by atoms with E-state index in [4.69, 9.17) is 14.5 Å². The van der Waals surface area contributed by atoms with Gasteiger partial charge < -0.3 is 24.8 Å². The molecule has 0 amide bonds. The fraction of sp³-hybridized carbons (Fsp3) is 0.385. The summed E-state index contributed by atoms with van der Waals surface area (Å²) in [5.41, 5.74) is 2.01. The van der Waals surface area contributed by atoms with Crippen molar-refractivity contribution in [1.29, 1.82) is 0 Å². The minimum atomic E-state index is -1.16. The van der Waals surface area contributed by atoms with Gasteiger partial charge in [0, 0.05) is 53.9 Å². The highest BCUT2D eigenvalue weighted by molar-refractivity contribution is 6.00. The molecule has 0 aliphatic carbocycles. The summed E-state index contributed by atoms with van der Waals surface area (Å²) in [7, 11) is 0. The van der Waals surface area contributed by atoms with Crippen molar-refractivity contribution in [3.8, 4) is 23.0 Å². The normalized spacial score (nSPS) is 25.2. The van der Waals surface area contributed by atoms with E-state index in [9.17, 15) is 14.3 Å². The number of hydrogen-bond acceptors (Lipinski definition) is 10. The van der Waals surface area contributed by atoms with Crippen LogP contribution in [-0.4, -0.2) is 74.8 Å². The number of nitrogens with zero attached hydrogens (tertiary/aromatic N) is 5. The Labute approximate surface area is 296 Å². The number of phenolic OH excluding ortho intramolecular Hbond substituents is 1. The van der Waals surface area contributed by atoms with Crippen LogP contribution in [0.25, 0.3) is 32.9 Å². The van der Waals surface area contributed by atoms with Gasteiger partial charge in [0.15, 0.2) is 17.5 Å². The van der Waals surface area contributed by atoms with E-state index < -0.39 is 17.5 Å². The maximum Gasteiger partial charge on any atom is 0.338 e. The molecule has 4 fully saturated rings. The third-order valence-electron chi connectivity index (χ3n) is 11.9. The molecule has 4 atom stereocenters. The van der Waals surface area contributed by atoms with Gasteiger partial charge in [-0.15, -0.1) is 0 Å². The van der Waals surface area contributed by atoms with E-state index in [-0.39, 0.29) is 68.9 Å². The highest BCUT2D eigenvalue weighted by Gasteiger charge is 2.50. The Hall–Kier alpha value is -5.01. The van der Waals surface area contributed by atoms with Crippen molar-refractivity contribution in [2.45, 2.75) is 68.8 Å². The van der Waals surface area contributed by atoms with Crippen molar-refractivity contribution in [3.63, 3.8) is 0 Å². The number of benzene rings is 3. The molecular formula is C39H35F3N6O4. The molecule has 5 aromatic rings. The lowest BCUT2D eigenvalue weighted by Gasteiger charge is -2.35. The molecule has 4 saturated heterocycles. The fourth-order valence-corrected chi connectivity index (χ4v) is 9.46. The second kappa shape index (κ2) is 11.8. The number of aromatic hydroxyl groups is 1. The Morgan fingerprint density at radius 3 is 2.67 bits per heavy atom. The number of rotatable bonds is 6. The first-order valence-electron chi connectivity index (χ1n) is 17.9. The summed E-state index contributed by atoms with van der Waals surface area (Å²) in [5, 5.41) is 14.5. The fourth-order valence-electron chi connectivity index (χ4n) is 9.46. The van der Waals surface area contributed by atoms with Gasteiger partial charge in [0.1, 0.15) is 36.0 Å². The molecule has 13 heteroatoms. The van der Waals surface area contributed by atoms with Crippen LogP contribution in [0.1, 0.15) is 66.1 Å². The van der Waals surface area contributed by atoms with Crippen molar-refractivity contribution in [1.82, 2.24) is 25.2 Å². The minimum absolute atomic E-state index is 0.0280. The summed E-state index contributed by atoms with van der Waals surface area (Å²) in [6.45, 7) is 2.83. The van der Waals surface area contributed by atoms with E-state index in [1.54, 1.807) is 0 Å². The highest BCUT2D eigenvalue weighted by atomic mass is 19.2. The van der Waals surface area contributed by atoms with Crippen LogP contribution in [0, 0.1) is 17.5 Å². The summed E-state index contributed by atoms with van der Waals surface area (Å²) in [5.74, 6) is -3.11. The number of pyridine rings is 1. The minimum Gasteiger partial charge on any atom is -0.508 e. The standard InChI is InChI=1S/C39H35F3N6O4/c40-29-7-3-21-13-25(49)14-27(31(21)32(29)41)34-33(42)35-28(15-43-34)36(47-16-23-4-5-24(17-47)44-23)46-38(45-35)52-19-39-9-1-11-48(39)30(8-10-39)20-2-6-26-22(12-20)18-51-37(26)50/h2-3,6-7,12-15,23-24,30,44,49H,1,4-5,8-11,16-19H2/t23-,24+,30?,39?. The molecular weight excluding hydrogens is 673 g/mol. The lowest BCUT2D eigenvalue weighted by molar-refractivity contribution is 0.0535. The number of esters is 1. The zero-order valence-corrected chi connectivity index (χ0v) is 28.2. The number of hydrogen-bond donors (Lipinski definition) is 2. The number of fused-ring (bicyclic) bond motifs is 6. The van der Waals surface area contributed by atoms with Gasteiger partial charge in [-0.3, -0.25) is 9.88 Å². The SMILES string of the molecule is O=C1OCc2cc(C3CCC4(COc5nc(N6C[C@H]7CC[C@@H](C6)N7)c6cnc(-c7cc(O)cc8ccc(F)c(F)c78)c(F)c6n5)CCCN34)ccc21. The highest BCUT2D eigenvalue weighted by Crippen LogP contribution is 2.49. The van der Waals surface area contributed by atoms with E-state index in [1.807, 2.05) is 12.1 Å². The second-order valence-electron chi connectivity index (χ2n) is 14.9. The molecule has 7 heterocycles. The zero-order chi connectivity index (χ0) is 35.3. The maximum absolute atomic E-state index is 16.9. The molecule has 10 nitrogen and oxygen atoms in total. The Balaban J connectivity index is 1.03. The quantitative estimate of drug-likeness (QED) is 0.194. The number of aromatic nitrogens is 3. The topological polar surface area (TPSA) is 113 Å². The molecule has 5 aliphatic heterocycles. The van der Waals surface area contributed by atoms with Crippen molar-refractivity contribution in [3.05, 3.63) is 82.8 Å². The molecule has 10 rings (SSSR count). The lowest BCUT2D eigenvalue weighted by Crippen LogP contribution is -2.51. The van der Waals surface area contributed by atoms with Crippen LogP contribution < -0.4 is 15.0 Å². The van der Waals surface area contributed by atoms with Crippen LogP contribution in [0.15, 0.2) is 48.7 Å². The van der Waals surface area contributed by atoms with E-state index in [1.165, 1.54) is 24.4 Å². The Bertz CT molecular complexity index is 2310. The Kier molecular flexibility index (Phi) is 7.17. The number of piperazine rings is 1. The van der Waals surface area contributed by atoms with Crippen LogP contribution in [0.4, 0.5) is 19.0 Å². The Morgan fingerprint density at radius 1 is 0.981 bits per heavy atom. The van der Waals surface area contributed by atoms with Gasteiger partial charge in [-0.05, 0) is 86.4 Å². The number of carbonyl (C=O) groups is 1. The smallest absolute Gasteiger partial charge is 0.338 e. The van der Waals surface area contributed by atoms with E-state index in [0.29, 0.717) is 43.1 Å². The predicted molar refractivity (Wildman–Crippen MR) is 186 cm³/mol. The van der Waals surface area contributed by atoms with Crippen LogP contribution in [0.2, 0.25) is 0 Å². The van der Waals surface area contributed by atoms with Gasteiger partial charge in [-0.2, -0.15) is 9.97 Å². The number of halogens is 3. The van der Waals surface area contributed by atoms with Crippen LogP contribution in [-0.2, 0) is 11.3 Å².